The summed E-state index contributed by atoms with van der Waals surface area (Å²) in [6.07, 6.45) is 5.02. The molecule has 3 aromatic carbocycles. The van der Waals surface area contributed by atoms with Gasteiger partial charge in [-0.2, -0.15) is 0 Å². The highest BCUT2D eigenvalue weighted by Crippen LogP contribution is 2.52. The predicted molar refractivity (Wildman–Crippen MR) is 111 cm³/mol. The van der Waals surface area contributed by atoms with Gasteiger partial charge in [0.2, 0.25) is 0 Å². The lowest BCUT2D eigenvalue weighted by Gasteiger charge is -2.35. The Labute approximate surface area is 160 Å². The second-order valence-electron chi connectivity index (χ2n) is 7.50. The minimum absolute atomic E-state index is 1.19. The van der Waals surface area contributed by atoms with Gasteiger partial charge in [-0.15, -0.1) is 0 Å². The van der Waals surface area contributed by atoms with E-state index in [4.69, 9.17) is 0 Å². The van der Waals surface area contributed by atoms with E-state index in [1.165, 1.54) is 69.2 Å². The third-order valence-electron chi connectivity index (χ3n) is 5.54. The summed E-state index contributed by atoms with van der Waals surface area (Å²) in [5.74, 6) is 0. The van der Waals surface area contributed by atoms with Gasteiger partial charge in [-0.05, 0) is 92.1 Å². The van der Waals surface area contributed by atoms with Crippen LogP contribution in [0.25, 0.3) is 0 Å². The fourth-order valence-corrected chi connectivity index (χ4v) is 5.51. The third-order valence-corrected chi connectivity index (χ3v) is 6.64. The Hall–Kier alpha value is -2.19. The summed E-state index contributed by atoms with van der Waals surface area (Å²) in [6.45, 7) is 4.36. The van der Waals surface area contributed by atoms with Gasteiger partial charge in [0.1, 0.15) is 0 Å². The topological polar surface area (TPSA) is 3.24 Å². The molecule has 1 aliphatic heterocycles. The summed E-state index contributed by atoms with van der Waals surface area (Å²) >= 11 is 1.90. The van der Waals surface area contributed by atoms with Crippen molar-refractivity contribution in [3.63, 3.8) is 0 Å². The number of hydrogen-bond acceptors (Lipinski definition) is 2. The molecule has 3 aromatic rings. The minimum Gasteiger partial charge on any atom is -0.308 e. The third kappa shape index (κ3) is 2.55. The van der Waals surface area contributed by atoms with Crippen LogP contribution in [0.1, 0.15) is 35.1 Å². The lowest BCUT2D eigenvalue weighted by molar-refractivity contribution is 0.685. The molecule has 2 heteroatoms. The molecule has 1 heterocycles. The van der Waals surface area contributed by atoms with Crippen LogP contribution in [-0.4, -0.2) is 0 Å². The lowest BCUT2D eigenvalue weighted by Crippen LogP contribution is -2.18. The number of benzene rings is 3. The molecule has 0 fully saturated rings. The van der Waals surface area contributed by atoms with E-state index in [1.54, 1.807) is 5.56 Å². The number of nitrogens with zero attached hydrogens (tertiary/aromatic N) is 1. The Balaban J connectivity index is 1.77. The Bertz CT molecular complexity index is 954. The van der Waals surface area contributed by atoms with Crippen LogP contribution in [0.4, 0.5) is 17.1 Å². The summed E-state index contributed by atoms with van der Waals surface area (Å²) in [6, 6.07) is 20.6. The highest BCUT2D eigenvalue weighted by atomic mass is 32.2. The number of rotatable bonds is 1. The van der Waals surface area contributed by atoms with Gasteiger partial charge in [-0.1, -0.05) is 36.0 Å². The zero-order chi connectivity index (χ0) is 17.7. The second kappa shape index (κ2) is 6.21. The van der Waals surface area contributed by atoms with E-state index >= 15 is 0 Å². The van der Waals surface area contributed by atoms with Crippen LogP contribution in [0.2, 0.25) is 0 Å². The first kappa shape index (κ1) is 16.0. The summed E-state index contributed by atoms with van der Waals surface area (Å²) in [7, 11) is 0. The number of anilines is 3. The van der Waals surface area contributed by atoms with Gasteiger partial charge >= 0.3 is 0 Å². The SMILES string of the molecule is Cc1ccc2c(c1)Sc1cc(C)ccc1N2c1cccc2c1CCCC2. The molecular formula is C24H23NS. The molecule has 0 spiro atoms. The van der Waals surface area contributed by atoms with Crippen LogP contribution >= 0.6 is 11.8 Å². The molecule has 0 bridgehead atoms. The molecule has 0 N–H and O–H groups in total. The van der Waals surface area contributed by atoms with Crippen LogP contribution < -0.4 is 4.90 Å². The Morgan fingerprint density at radius 2 is 1.38 bits per heavy atom. The fourth-order valence-electron chi connectivity index (χ4n) is 4.25. The highest BCUT2D eigenvalue weighted by molar-refractivity contribution is 7.99. The van der Waals surface area contributed by atoms with E-state index < -0.39 is 0 Å². The van der Waals surface area contributed by atoms with Crippen LogP contribution in [-0.2, 0) is 12.8 Å². The van der Waals surface area contributed by atoms with Crippen molar-refractivity contribution in [2.24, 2.45) is 0 Å². The quantitative estimate of drug-likeness (QED) is 0.357. The summed E-state index contributed by atoms with van der Waals surface area (Å²) in [5, 5.41) is 0. The fraction of sp³-hybridized carbons (Fsp3) is 0.250. The molecule has 0 saturated heterocycles. The first-order valence-corrected chi connectivity index (χ1v) is 10.3. The van der Waals surface area contributed by atoms with E-state index in [2.05, 4.69) is 73.3 Å². The number of aryl methyl sites for hydroxylation is 3. The van der Waals surface area contributed by atoms with Gasteiger partial charge in [0.05, 0.1) is 11.4 Å². The van der Waals surface area contributed by atoms with Crippen molar-refractivity contribution in [1.29, 1.82) is 0 Å². The van der Waals surface area contributed by atoms with Gasteiger partial charge in [0.25, 0.3) is 0 Å². The van der Waals surface area contributed by atoms with Crippen molar-refractivity contribution in [2.45, 2.75) is 49.3 Å². The van der Waals surface area contributed by atoms with Crippen LogP contribution in [0.5, 0.6) is 0 Å². The molecule has 0 atom stereocenters. The smallest absolute Gasteiger partial charge is 0.0601 e. The molecule has 130 valence electrons. The summed E-state index contributed by atoms with van der Waals surface area (Å²) in [5.41, 5.74) is 9.73. The molecule has 26 heavy (non-hydrogen) atoms. The number of fused-ring (bicyclic) bond motifs is 3. The predicted octanol–water partition coefficient (Wildman–Crippen LogP) is 7.12. The maximum Gasteiger partial charge on any atom is 0.0601 e. The summed E-state index contributed by atoms with van der Waals surface area (Å²) < 4.78 is 0. The first-order chi connectivity index (χ1) is 12.7. The van der Waals surface area contributed by atoms with Gasteiger partial charge in [0, 0.05) is 15.5 Å². The molecule has 5 rings (SSSR count). The zero-order valence-electron chi connectivity index (χ0n) is 15.4. The molecule has 0 amide bonds. The standard InChI is InChI=1S/C24H23NS/c1-16-10-12-21-23(14-16)26-24-15-17(2)11-13-22(24)25(21)20-9-5-7-18-6-3-4-8-19(18)20/h5,7,9-15H,3-4,6,8H2,1-2H3. The molecule has 0 saturated carbocycles. The van der Waals surface area contributed by atoms with Crippen molar-refractivity contribution in [2.75, 3.05) is 4.90 Å². The minimum atomic E-state index is 1.19. The molecule has 1 aliphatic carbocycles. The van der Waals surface area contributed by atoms with Crippen molar-refractivity contribution >= 4 is 28.8 Å². The molecule has 0 radical (unpaired) electrons. The lowest BCUT2D eigenvalue weighted by atomic mass is 9.89. The maximum absolute atomic E-state index is 2.50. The maximum atomic E-state index is 2.50. The first-order valence-electron chi connectivity index (χ1n) is 9.51. The Kier molecular flexibility index (Phi) is 3.82. The van der Waals surface area contributed by atoms with Gasteiger partial charge in [0.15, 0.2) is 0 Å². The monoisotopic (exact) mass is 357 g/mol. The van der Waals surface area contributed by atoms with Crippen LogP contribution in [0, 0.1) is 13.8 Å². The van der Waals surface area contributed by atoms with E-state index in [-0.39, 0.29) is 0 Å². The van der Waals surface area contributed by atoms with Crippen molar-refractivity contribution in [3.05, 3.63) is 76.9 Å². The average molecular weight is 358 g/mol. The van der Waals surface area contributed by atoms with Crippen molar-refractivity contribution in [3.8, 4) is 0 Å². The Morgan fingerprint density at radius 3 is 2.08 bits per heavy atom. The average Bonchev–Trinajstić information content (AvgIpc) is 2.65. The second-order valence-corrected chi connectivity index (χ2v) is 8.59. The van der Waals surface area contributed by atoms with Crippen LogP contribution in [0.15, 0.2) is 64.4 Å². The zero-order valence-corrected chi connectivity index (χ0v) is 16.2. The van der Waals surface area contributed by atoms with Crippen LogP contribution in [0.3, 0.4) is 0 Å². The molecular weight excluding hydrogens is 334 g/mol. The highest BCUT2D eigenvalue weighted by Gasteiger charge is 2.27. The van der Waals surface area contributed by atoms with Gasteiger partial charge < -0.3 is 4.90 Å². The normalized spacial score (nSPS) is 15.2. The number of hydrogen-bond donors (Lipinski definition) is 0. The van der Waals surface area contributed by atoms with E-state index in [9.17, 15) is 0 Å². The molecule has 2 aliphatic rings. The van der Waals surface area contributed by atoms with E-state index in [0.717, 1.165) is 0 Å². The Morgan fingerprint density at radius 1 is 0.731 bits per heavy atom. The van der Waals surface area contributed by atoms with Crippen molar-refractivity contribution < 1.29 is 0 Å². The van der Waals surface area contributed by atoms with Crippen molar-refractivity contribution in [1.82, 2.24) is 0 Å². The van der Waals surface area contributed by atoms with Gasteiger partial charge in [-0.25, -0.2) is 0 Å². The molecule has 0 unspecified atom stereocenters. The molecule has 0 aromatic heterocycles. The van der Waals surface area contributed by atoms with E-state index in [0.29, 0.717) is 0 Å². The summed E-state index contributed by atoms with van der Waals surface area (Å²) in [4.78, 5) is 5.22. The van der Waals surface area contributed by atoms with Gasteiger partial charge in [-0.3, -0.25) is 0 Å². The van der Waals surface area contributed by atoms with E-state index in [1.807, 2.05) is 11.8 Å². The largest absolute Gasteiger partial charge is 0.308 e. The molecule has 1 nitrogen and oxygen atoms in total.